The van der Waals surface area contributed by atoms with Gasteiger partial charge in [-0.05, 0) is 38.4 Å². The average Bonchev–Trinajstić information content (AvgIpc) is 2.27. The van der Waals surface area contributed by atoms with E-state index in [1.807, 2.05) is 19.0 Å². The number of rotatable bonds is 5. The highest BCUT2D eigenvalue weighted by molar-refractivity contribution is 7.80. The van der Waals surface area contributed by atoms with Gasteiger partial charge in [0.15, 0.2) is 10.9 Å². The lowest BCUT2D eigenvalue weighted by Crippen LogP contribution is -2.41. The van der Waals surface area contributed by atoms with Gasteiger partial charge in [0.1, 0.15) is 5.82 Å². The van der Waals surface area contributed by atoms with Crippen molar-refractivity contribution in [2.24, 2.45) is 0 Å². The van der Waals surface area contributed by atoms with Crippen LogP contribution >= 0.6 is 12.2 Å². The Hall–Kier alpha value is -1.47. The maximum absolute atomic E-state index is 13.2. The Morgan fingerprint density at radius 1 is 1.33 bits per heavy atom. The van der Waals surface area contributed by atoms with E-state index in [9.17, 15) is 8.78 Å². The molecule has 3 N–H and O–H groups in total. The highest BCUT2D eigenvalue weighted by Crippen LogP contribution is 2.13. The molecule has 0 atom stereocenters. The van der Waals surface area contributed by atoms with E-state index in [4.69, 9.17) is 12.2 Å². The van der Waals surface area contributed by atoms with E-state index >= 15 is 0 Å². The molecule has 0 fully saturated rings. The molecule has 0 aliphatic heterocycles. The number of thiocarbonyl (C=S) groups is 1. The molecule has 1 aromatic carbocycles. The van der Waals surface area contributed by atoms with Crippen molar-refractivity contribution in [3.05, 3.63) is 29.8 Å². The van der Waals surface area contributed by atoms with Crippen molar-refractivity contribution in [1.29, 1.82) is 0 Å². The highest BCUT2D eigenvalue weighted by atomic mass is 32.1. The van der Waals surface area contributed by atoms with E-state index in [-0.39, 0.29) is 5.69 Å². The van der Waals surface area contributed by atoms with Crippen molar-refractivity contribution in [1.82, 2.24) is 15.6 Å². The molecule has 0 saturated heterocycles. The van der Waals surface area contributed by atoms with Crippen molar-refractivity contribution in [3.63, 3.8) is 0 Å². The molecule has 0 spiro atoms. The molecule has 0 unspecified atom stereocenters. The van der Waals surface area contributed by atoms with E-state index in [1.54, 1.807) is 0 Å². The van der Waals surface area contributed by atoms with Crippen LogP contribution in [-0.4, -0.2) is 37.2 Å². The summed E-state index contributed by atoms with van der Waals surface area (Å²) in [6.07, 6.45) is 0. The van der Waals surface area contributed by atoms with Crippen molar-refractivity contribution in [3.8, 4) is 0 Å². The van der Waals surface area contributed by atoms with Gasteiger partial charge in [-0.15, -0.1) is 0 Å². The van der Waals surface area contributed by atoms with Gasteiger partial charge in [0.05, 0.1) is 5.69 Å². The average molecular weight is 274 g/mol. The molecule has 1 aromatic rings. The zero-order valence-corrected chi connectivity index (χ0v) is 11.1. The van der Waals surface area contributed by atoms with Gasteiger partial charge in [-0.25, -0.2) is 8.78 Å². The number of nitrogens with zero attached hydrogens (tertiary/aromatic N) is 1. The minimum absolute atomic E-state index is 0.133. The number of nitrogens with one attached hydrogen (secondary N) is 3. The molecule has 4 nitrogen and oxygen atoms in total. The second kappa shape index (κ2) is 7.07. The molecule has 0 aliphatic rings. The van der Waals surface area contributed by atoms with E-state index in [0.29, 0.717) is 11.7 Å². The van der Waals surface area contributed by atoms with Crippen LogP contribution in [0.25, 0.3) is 0 Å². The number of likely N-dealkylation sites (N-methyl/N-ethyl adjacent to an activating group) is 1. The molecule has 100 valence electrons. The normalized spacial score (nSPS) is 10.3. The maximum atomic E-state index is 13.2. The number of hydrogen-bond donors (Lipinski definition) is 3. The Kier molecular flexibility index (Phi) is 5.73. The van der Waals surface area contributed by atoms with Crippen LogP contribution in [-0.2, 0) is 0 Å². The molecule has 0 aliphatic carbocycles. The lowest BCUT2D eigenvalue weighted by molar-refractivity contribution is 0.412. The third-order valence-corrected chi connectivity index (χ3v) is 2.33. The first kappa shape index (κ1) is 14.6. The molecule has 7 heteroatoms. The summed E-state index contributed by atoms with van der Waals surface area (Å²) in [5.41, 5.74) is 5.32. The molecule has 0 saturated carbocycles. The Bertz CT molecular complexity index is 412. The Morgan fingerprint density at radius 2 is 2.06 bits per heavy atom. The topological polar surface area (TPSA) is 39.3 Å². The van der Waals surface area contributed by atoms with Crippen molar-refractivity contribution in [2.75, 3.05) is 32.6 Å². The molecule has 0 bridgehead atoms. The third-order valence-electron chi connectivity index (χ3n) is 2.09. The Morgan fingerprint density at radius 3 is 2.67 bits per heavy atom. The van der Waals surface area contributed by atoms with Gasteiger partial charge in [0.2, 0.25) is 0 Å². The van der Waals surface area contributed by atoms with Crippen LogP contribution in [0.3, 0.4) is 0 Å². The summed E-state index contributed by atoms with van der Waals surface area (Å²) in [4.78, 5) is 2.00. The van der Waals surface area contributed by atoms with Crippen LogP contribution in [0.1, 0.15) is 0 Å². The fraction of sp³-hybridized carbons (Fsp3) is 0.364. The minimum Gasteiger partial charge on any atom is -0.360 e. The second-order valence-electron chi connectivity index (χ2n) is 3.93. The molecular formula is C11H16F2N4S. The van der Waals surface area contributed by atoms with Crippen LogP contribution in [0.15, 0.2) is 18.2 Å². The number of hydrazine groups is 1. The quantitative estimate of drug-likeness (QED) is 0.558. The first-order valence-electron chi connectivity index (χ1n) is 5.38. The molecule has 0 heterocycles. The molecular weight excluding hydrogens is 258 g/mol. The fourth-order valence-corrected chi connectivity index (χ4v) is 1.31. The maximum Gasteiger partial charge on any atom is 0.185 e. The number of halogens is 2. The van der Waals surface area contributed by atoms with Gasteiger partial charge in [-0.3, -0.25) is 10.9 Å². The van der Waals surface area contributed by atoms with E-state index in [2.05, 4.69) is 16.2 Å². The van der Waals surface area contributed by atoms with Crippen molar-refractivity contribution in [2.45, 2.75) is 0 Å². The summed E-state index contributed by atoms with van der Waals surface area (Å²) in [5.74, 6) is -1.30. The van der Waals surface area contributed by atoms with Gasteiger partial charge in [-0.2, -0.15) is 0 Å². The lowest BCUT2D eigenvalue weighted by Gasteiger charge is -2.14. The van der Waals surface area contributed by atoms with Crippen molar-refractivity contribution < 1.29 is 8.78 Å². The number of benzene rings is 1. The van der Waals surface area contributed by atoms with Gasteiger partial charge < -0.3 is 10.2 Å². The summed E-state index contributed by atoms with van der Waals surface area (Å²) in [6.45, 7) is 1.50. The van der Waals surface area contributed by atoms with Crippen molar-refractivity contribution >= 4 is 23.0 Å². The van der Waals surface area contributed by atoms with E-state index in [0.717, 1.165) is 18.7 Å². The van der Waals surface area contributed by atoms with E-state index in [1.165, 1.54) is 6.07 Å². The zero-order chi connectivity index (χ0) is 13.5. The predicted molar refractivity (Wildman–Crippen MR) is 72.3 cm³/mol. The summed E-state index contributed by atoms with van der Waals surface area (Å²) in [7, 11) is 3.90. The molecule has 18 heavy (non-hydrogen) atoms. The number of anilines is 1. The lowest BCUT2D eigenvalue weighted by atomic mass is 10.3. The SMILES string of the molecule is CN(C)CCNC(=S)NNc1ccc(F)cc1F. The van der Waals surface area contributed by atoms with Gasteiger partial charge in [-0.1, -0.05) is 0 Å². The predicted octanol–water partition coefficient (Wildman–Crippen LogP) is 1.32. The van der Waals surface area contributed by atoms with E-state index < -0.39 is 11.6 Å². The molecule has 0 amide bonds. The first-order valence-corrected chi connectivity index (χ1v) is 5.79. The molecule has 1 rings (SSSR count). The molecule has 0 radical (unpaired) electrons. The zero-order valence-electron chi connectivity index (χ0n) is 10.3. The minimum atomic E-state index is -0.682. The fourth-order valence-electron chi connectivity index (χ4n) is 1.15. The monoisotopic (exact) mass is 274 g/mol. The molecule has 0 aromatic heterocycles. The first-order chi connectivity index (χ1) is 8.49. The van der Waals surface area contributed by atoms with Gasteiger partial charge in [0, 0.05) is 19.2 Å². The second-order valence-corrected chi connectivity index (χ2v) is 4.34. The van der Waals surface area contributed by atoms with Crippen LogP contribution in [0.4, 0.5) is 14.5 Å². The summed E-state index contributed by atoms with van der Waals surface area (Å²) >= 11 is 4.97. The van der Waals surface area contributed by atoms with Gasteiger partial charge in [0.25, 0.3) is 0 Å². The summed E-state index contributed by atoms with van der Waals surface area (Å²) in [5, 5.41) is 3.28. The van der Waals surface area contributed by atoms with Crippen LogP contribution in [0.2, 0.25) is 0 Å². The van der Waals surface area contributed by atoms with Crippen LogP contribution in [0, 0.1) is 11.6 Å². The highest BCUT2D eigenvalue weighted by Gasteiger charge is 2.03. The Balaban J connectivity index is 2.33. The van der Waals surface area contributed by atoms with Crippen LogP contribution < -0.4 is 16.2 Å². The number of hydrogen-bond acceptors (Lipinski definition) is 3. The Labute approximate surface area is 110 Å². The summed E-state index contributed by atoms with van der Waals surface area (Å²) in [6, 6.07) is 3.25. The van der Waals surface area contributed by atoms with Crippen LogP contribution in [0.5, 0.6) is 0 Å². The third kappa shape index (κ3) is 5.24. The standard InChI is InChI=1S/C11H16F2N4S/c1-17(2)6-5-14-11(18)16-15-10-4-3-8(12)7-9(10)13/h3-4,7,15H,5-6H2,1-2H3,(H2,14,16,18). The largest absolute Gasteiger partial charge is 0.360 e. The van der Waals surface area contributed by atoms with Gasteiger partial charge >= 0.3 is 0 Å². The summed E-state index contributed by atoms with van der Waals surface area (Å²) < 4.78 is 25.9. The smallest absolute Gasteiger partial charge is 0.185 e.